The van der Waals surface area contributed by atoms with Gasteiger partial charge in [0.15, 0.2) is 0 Å². The molecule has 98 valence electrons. The Morgan fingerprint density at radius 1 is 1.37 bits per heavy atom. The van der Waals surface area contributed by atoms with Crippen molar-refractivity contribution in [3.63, 3.8) is 0 Å². The van der Waals surface area contributed by atoms with Gasteiger partial charge in [-0.05, 0) is 25.5 Å². The Bertz CT molecular complexity index is 618. The normalized spacial score (nSPS) is 14.3. The standard InChI is InChI=1S/C15H15NO2S/c1-2-18-12-5-3-4-10(8-12)15-16-13-7-6-11(17)9-14(13)19-15/h3-5,8H,2,6-7,9H2,1H3. The fourth-order valence-electron chi connectivity index (χ4n) is 2.25. The number of ketones is 1. The summed E-state index contributed by atoms with van der Waals surface area (Å²) in [6, 6.07) is 7.97. The Kier molecular flexibility index (Phi) is 3.34. The Hall–Kier alpha value is -1.68. The summed E-state index contributed by atoms with van der Waals surface area (Å²) in [6.45, 7) is 2.63. The van der Waals surface area contributed by atoms with Gasteiger partial charge in [-0.1, -0.05) is 12.1 Å². The molecule has 0 saturated carbocycles. The molecule has 1 aliphatic rings. The first-order chi connectivity index (χ1) is 9.26. The molecule has 0 spiro atoms. The maximum Gasteiger partial charge on any atom is 0.138 e. The van der Waals surface area contributed by atoms with E-state index in [0.717, 1.165) is 33.3 Å². The second-order valence-corrected chi connectivity index (χ2v) is 5.65. The van der Waals surface area contributed by atoms with Crippen molar-refractivity contribution in [2.75, 3.05) is 6.61 Å². The van der Waals surface area contributed by atoms with Gasteiger partial charge in [-0.25, -0.2) is 4.98 Å². The minimum atomic E-state index is 0.325. The second kappa shape index (κ2) is 5.13. The molecule has 0 aliphatic heterocycles. The van der Waals surface area contributed by atoms with Gasteiger partial charge in [-0.3, -0.25) is 4.79 Å². The maximum atomic E-state index is 11.5. The molecule has 0 unspecified atom stereocenters. The number of rotatable bonds is 3. The lowest BCUT2D eigenvalue weighted by atomic mass is 10.0. The Morgan fingerprint density at radius 2 is 2.26 bits per heavy atom. The first kappa shape index (κ1) is 12.4. The summed E-state index contributed by atoms with van der Waals surface area (Å²) in [7, 11) is 0. The van der Waals surface area contributed by atoms with Crippen molar-refractivity contribution in [1.82, 2.24) is 4.98 Å². The van der Waals surface area contributed by atoms with Crippen LogP contribution in [-0.2, 0) is 17.6 Å². The lowest BCUT2D eigenvalue weighted by molar-refractivity contribution is -0.118. The van der Waals surface area contributed by atoms with Crippen LogP contribution in [0, 0.1) is 0 Å². The van der Waals surface area contributed by atoms with Crippen LogP contribution >= 0.6 is 11.3 Å². The quantitative estimate of drug-likeness (QED) is 0.861. The van der Waals surface area contributed by atoms with Crippen LogP contribution in [0.5, 0.6) is 5.75 Å². The van der Waals surface area contributed by atoms with E-state index in [-0.39, 0.29) is 0 Å². The highest BCUT2D eigenvalue weighted by Crippen LogP contribution is 2.33. The van der Waals surface area contributed by atoms with Gasteiger partial charge in [0.2, 0.25) is 0 Å². The van der Waals surface area contributed by atoms with Gasteiger partial charge < -0.3 is 4.74 Å². The summed E-state index contributed by atoms with van der Waals surface area (Å²) in [5.41, 5.74) is 2.17. The van der Waals surface area contributed by atoms with E-state index in [4.69, 9.17) is 4.74 Å². The number of benzene rings is 1. The Morgan fingerprint density at radius 3 is 3.11 bits per heavy atom. The molecule has 4 heteroatoms. The number of nitrogens with zero attached hydrogens (tertiary/aromatic N) is 1. The van der Waals surface area contributed by atoms with Gasteiger partial charge in [0, 0.05) is 23.3 Å². The molecule has 3 rings (SSSR count). The van der Waals surface area contributed by atoms with Crippen LogP contribution in [0.4, 0.5) is 0 Å². The molecular formula is C15H15NO2S. The van der Waals surface area contributed by atoms with Crippen molar-refractivity contribution < 1.29 is 9.53 Å². The van der Waals surface area contributed by atoms with Gasteiger partial charge in [0.25, 0.3) is 0 Å². The largest absolute Gasteiger partial charge is 0.494 e. The highest BCUT2D eigenvalue weighted by atomic mass is 32.1. The highest BCUT2D eigenvalue weighted by Gasteiger charge is 2.20. The molecule has 0 amide bonds. The molecule has 1 heterocycles. The van der Waals surface area contributed by atoms with Crippen molar-refractivity contribution in [3.05, 3.63) is 34.8 Å². The van der Waals surface area contributed by atoms with Crippen molar-refractivity contribution in [2.45, 2.75) is 26.2 Å². The van der Waals surface area contributed by atoms with Gasteiger partial charge in [-0.2, -0.15) is 0 Å². The molecule has 19 heavy (non-hydrogen) atoms. The van der Waals surface area contributed by atoms with Gasteiger partial charge >= 0.3 is 0 Å². The number of ether oxygens (including phenoxy) is 1. The summed E-state index contributed by atoms with van der Waals surface area (Å²) >= 11 is 1.63. The zero-order valence-electron chi connectivity index (χ0n) is 10.8. The number of carbonyl (C=O) groups excluding carboxylic acids is 1. The third kappa shape index (κ3) is 2.54. The highest BCUT2D eigenvalue weighted by molar-refractivity contribution is 7.15. The van der Waals surface area contributed by atoms with Crippen molar-refractivity contribution in [3.8, 4) is 16.3 Å². The molecule has 0 saturated heterocycles. The molecule has 2 aromatic rings. The molecule has 1 aromatic heterocycles. The van der Waals surface area contributed by atoms with E-state index >= 15 is 0 Å². The van der Waals surface area contributed by atoms with E-state index in [2.05, 4.69) is 4.98 Å². The molecule has 1 aliphatic carbocycles. The maximum absolute atomic E-state index is 11.5. The minimum absolute atomic E-state index is 0.325. The molecule has 0 radical (unpaired) electrons. The number of aryl methyl sites for hydroxylation is 1. The van der Waals surface area contributed by atoms with Crippen LogP contribution in [0.15, 0.2) is 24.3 Å². The topological polar surface area (TPSA) is 39.2 Å². The van der Waals surface area contributed by atoms with Crippen LogP contribution < -0.4 is 4.74 Å². The number of thiazole rings is 1. The third-order valence-electron chi connectivity index (χ3n) is 3.17. The van der Waals surface area contributed by atoms with Gasteiger partial charge in [-0.15, -0.1) is 11.3 Å². The number of fused-ring (bicyclic) bond motifs is 1. The number of hydrogen-bond acceptors (Lipinski definition) is 4. The van der Waals surface area contributed by atoms with Crippen LogP contribution in [0.2, 0.25) is 0 Å². The number of hydrogen-bond donors (Lipinski definition) is 0. The van der Waals surface area contributed by atoms with E-state index in [1.807, 2.05) is 31.2 Å². The van der Waals surface area contributed by atoms with E-state index in [9.17, 15) is 4.79 Å². The average Bonchev–Trinajstić information content (AvgIpc) is 2.82. The predicted octanol–water partition coefficient (Wildman–Crippen LogP) is 3.27. The SMILES string of the molecule is CCOc1cccc(-c2nc3c(s2)CC(=O)CC3)c1. The lowest BCUT2D eigenvalue weighted by Crippen LogP contribution is -2.11. The van der Waals surface area contributed by atoms with Gasteiger partial charge in [0.1, 0.15) is 16.5 Å². The summed E-state index contributed by atoms with van der Waals surface area (Å²) in [6.07, 6.45) is 1.98. The number of Topliss-reactive ketones (excluding diaryl/α,β-unsaturated/α-hetero) is 1. The Labute approximate surface area is 116 Å². The van der Waals surface area contributed by atoms with E-state index in [1.54, 1.807) is 11.3 Å². The lowest BCUT2D eigenvalue weighted by Gasteiger charge is -2.06. The van der Waals surface area contributed by atoms with Crippen LogP contribution in [-0.4, -0.2) is 17.4 Å². The zero-order chi connectivity index (χ0) is 13.2. The summed E-state index contributed by atoms with van der Waals surface area (Å²) in [5.74, 6) is 1.19. The minimum Gasteiger partial charge on any atom is -0.494 e. The van der Waals surface area contributed by atoms with Crippen LogP contribution in [0.25, 0.3) is 10.6 Å². The van der Waals surface area contributed by atoms with Crippen molar-refractivity contribution in [1.29, 1.82) is 0 Å². The van der Waals surface area contributed by atoms with Crippen LogP contribution in [0.3, 0.4) is 0 Å². The first-order valence-corrected chi connectivity index (χ1v) is 7.31. The predicted molar refractivity (Wildman–Crippen MR) is 75.8 cm³/mol. The molecule has 0 fully saturated rings. The fraction of sp³-hybridized carbons (Fsp3) is 0.333. The summed E-state index contributed by atoms with van der Waals surface area (Å²) < 4.78 is 5.51. The molecule has 0 bridgehead atoms. The molecule has 1 aromatic carbocycles. The van der Waals surface area contributed by atoms with Crippen molar-refractivity contribution in [2.24, 2.45) is 0 Å². The fourth-order valence-corrected chi connectivity index (χ4v) is 3.38. The number of aromatic nitrogens is 1. The molecule has 0 N–H and O–H groups in total. The van der Waals surface area contributed by atoms with Crippen molar-refractivity contribution >= 4 is 17.1 Å². The van der Waals surface area contributed by atoms with E-state index < -0.39 is 0 Å². The van der Waals surface area contributed by atoms with Gasteiger partial charge in [0.05, 0.1) is 12.3 Å². The van der Waals surface area contributed by atoms with E-state index in [0.29, 0.717) is 25.2 Å². The monoisotopic (exact) mass is 273 g/mol. The average molecular weight is 273 g/mol. The molecular weight excluding hydrogens is 258 g/mol. The third-order valence-corrected chi connectivity index (χ3v) is 4.32. The van der Waals surface area contributed by atoms with Crippen LogP contribution in [0.1, 0.15) is 23.9 Å². The Balaban J connectivity index is 1.94. The summed E-state index contributed by atoms with van der Waals surface area (Å²) in [5, 5.41) is 0.987. The smallest absolute Gasteiger partial charge is 0.138 e. The molecule has 0 atom stereocenters. The summed E-state index contributed by atoms with van der Waals surface area (Å²) in [4.78, 5) is 17.3. The molecule has 3 nitrogen and oxygen atoms in total. The number of carbonyl (C=O) groups is 1. The zero-order valence-corrected chi connectivity index (χ0v) is 11.6. The second-order valence-electron chi connectivity index (χ2n) is 4.57. The first-order valence-electron chi connectivity index (χ1n) is 6.50. The van der Waals surface area contributed by atoms with E-state index in [1.165, 1.54) is 0 Å².